The van der Waals surface area contributed by atoms with Crippen molar-refractivity contribution in [2.45, 2.75) is 19.9 Å². The third-order valence-electron chi connectivity index (χ3n) is 4.89. The summed E-state index contributed by atoms with van der Waals surface area (Å²) in [5.74, 6) is -0.475. The minimum atomic E-state index is -0.628. The molecule has 0 radical (unpaired) electrons. The van der Waals surface area contributed by atoms with E-state index in [4.69, 9.17) is 16.3 Å². The first-order valence-electron chi connectivity index (χ1n) is 9.60. The molecule has 31 heavy (non-hydrogen) atoms. The molecule has 1 aliphatic rings. The number of ether oxygens (including phenoxy) is 1. The minimum Gasteiger partial charge on any atom is -0.463 e. The molecule has 0 fully saturated rings. The van der Waals surface area contributed by atoms with Gasteiger partial charge in [-0.3, -0.25) is 9.36 Å². The number of carbonyl (C=O) groups excluding carboxylic acids is 1. The average molecular weight is 518 g/mol. The number of esters is 1. The second kappa shape index (κ2) is 8.94. The van der Waals surface area contributed by atoms with E-state index < -0.39 is 12.0 Å². The molecular formula is C23H18BrClN2O3S. The number of allylic oxidation sites excluding steroid dienone is 1. The number of fused-ring (bicyclic) bond motifs is 1. The van der Waals surface area contributed by atoms with Gasteiger partial charge >= 0.3 is 5.97 Å². The standard InChI is InChI=1S/C23H18BrClN2O3S/c1-3-30-22(29)19-13(2)26-23-27(20(19)14-8-10-16(24)11-9-14)21(28)18(31-23)12-15-6-4-5-7-17(15)25/h4-12,20H,3H2,1-2H3. The Morgan fingerprint density at radius 3 is 2.65 bits per heavy atom. The van der Waals surface area contributed by atoms with Gasteiger partial charge in [-0.15, -0.1) is 0 Å². The molecule has 4 rings (SSSR count). The first kappa shape index (κ1) is 21.7. The normalized spacial score (nSPS) is 16.1. The molecule has 0 aliphatic carbocycles. The van der Waals surface area contributed by atoms with E-state index >= 15 is 0 Å². The number of thiazole rings is 1. The SMILES string of the molecule is CCOC(=O)C1=C(C)N=c2sc(=Cc3ccccc3Cl)c(=O)n2C1c1ccc(Br)cc1. The van der Waals surface area contributed by atoms with Gasteiger partial charge in [-0.1, -0.05) is 69.2 Å². The van der Waals surface area contributed by atoms with Gasteiger partial charge < -0.3 is 4.74 Å². The quantitative estimate of drug-likeness (QED) is 0.487. The van der Waals surface area contributed by atoms with Crippen molar-refractivity contribution in [3.05, 3.63) is 100 Å². The lowest BCUT2D eigenvalue weighted by Gasteiger charge is -2.24. The summed E-state index contributed by atoms with van der Waals surface area (Å²) in [5, 5.41) is 0.557. The Morgan fingerprint density at radius 2 is 1.97 bits per heavy atom. The lowest BCUT2D eigenvalue weighted by atomic mass is 9.96. The largest absolute Gasteiger partial charge is 0.463 e. The van der Waals surface area contributed by atoms with Crippen molar-refractivity contribution in [1.82, 2.24) is 4.57 Å². The summed E-state index contributed by atoms with van der Waals surface area (Å²) in [5.41, 5.74) is 2.21. The second-order valence-electron chi connectivity index (χ2n) is 6.88. The fourth-order valence-electron chi connectivity index (χ4n) is 3.49. The molecule has 3 aromatic rings. The molecule has 1 atom stereocenters. The van der Waals surface area contributed by atoms with Gasteiger partial charge in [-0.25, -0.2) is 9.79 Å². The fraction of sp³-hybridized carbons (Fsp3) is 0.174. The van der Waals surface area contributed by atoms with Crippen LogP contribution in [0, 0.1) is 0 Å². The molecule has 2 heterocycles. The Kier molecular flexibility index (Phi) is 6.27. The molecule has 5 nitrogen and oxygen atoms in total. The van der Waals surface area contributed by atoms with Crippen LogP contribution in [0.15, 0.2) is 74.1 Å². The number of halogens is 2. The average Bonchev–Trinajstić information content (AvgIpc) is 3.04. The van der Waals surface area contributed by atoms with Crippen LogP contribution in [0.25, 0.3) is 6.08 Å². The Morgan fingerprint density at radius 1 is 1.26 bits per heavy atom. The first-order chi connectivity index (χ1) is 14.9. The van der Waals surface area contributed by atoms with Crippen molar-refractivity contribution < 1.29 is 9.53 Å². The van der Waals surface area contributed by atoms with Crippen LogP contribution >= 0.6 is 38.9 Å². The van der Waals surface area contributed by atoms with Crippen molar-refractivity contribution >= 4 is 50.9 Å². The Hall–Kier alpha value is -2.48. The van der Waals surface area contributed by atoms with Crippen LogP contribution in [0.2, 0.25) is 5.02 Å². The molecule has 0 bridgehead atoms. The highest BCUT2D eigenvalue weighted by Crippen LogP contribution is 2.31. The number of nitrogens with zero attached hydrogens (tertiary/aromatic N) is 2. The van der Waals surface area contributed by atoms with E-state index in [2.05, 4.69) is 20.9 Å². The van der Waals surface area contributed by atoms with Crippen LogP contribution in [0.3, 0.4) is 0 Å². The monoisotopic (exact) mass is 516 g/mol. The van der Waals surface area contributed by atoms with Crippen molar-refractivity contribution in [3.8, 4) is 0 Å². The van der Waals surface area contributed by atoms with Gasteiger partial charge in [0, 0.05) is 9.50 Å². The summed E-state index contributed by atoms with van der Waals surface area (Å²) in [6.07, 6.45) is 1.76. The lowest BCUT2D eigenvalue weighted by molar-refractivity contribution is -0.139. The van der Waals surface area contributed by atoms with Gasteiger partial charge in [0.1, 0.15) is 0 Å². The lowest BCUT2D eigenvalue weighted by Crippen LogP contribution is -2.39. The zero-order valence-electron chi connectivity index (χ0n) is 16.8. The van der Waals surface area contributed by atoms with Crippen molar-refractivity contribution in [3.63, 3.8) is 0 Å². The molecule has 8 heteroatoms. The summed E-state index contributed by atoms with van der Waals surface area (Å²) in [4.78, 5) is 31.4. The van der Waals surface area contributed by atoms with Gasteiger partial charge in [0.05, 0.1) is 28.5 Å². The molecule has 158 valence electrons. The predicted octanol–water partition coefficient (Wildman–Crippen LogP) is 4.21. The van der Waals surface area contributed by atoms with Crippen LogP contribution in [-0.4, -0.2) is 17.1 Å². The Labute approximate surface area is 196 Å². The van der Waals surface area contributed by atoms with Crippen LogP contribution in [0.1, 0.15) is 31.0 Å². The van der Waals surface area contributed by atoms with Crippen molar-refractivity contribution in [2.75, 3.05) is 6.61 Å². The third-order valence-corrected chi connectivity index (χ3v) is 6.75. The summed E-state index contributed by atoms with van der Waals surface area (Å²) in [7, 11) is 0. The van der Waals surface area contributed by atoms with Crippen molar-refractivity contribution in [1.29, 1.82) is 0 Å². The Balaban J connectivity index is 1.97. The summed E-state index contributed by atoms with van der Waals surface area (Å²) < 4.78 is 8.26. The molecule has 0 saturated heterocycles. The number of benzene rings is 2. The van der Waals surface area contributed by atoms with E-state index in [0.717, 1.165) is 15.6 Å². The van der Waals surface area contributed by atoms with E-state index in [9.17, 15) is 9.59 Å². The molecule has 1 aliphatic heterocycles. The number of hydrogen-bond acceptors (Lipinski definition) is 5. The summed E-state index contributed by atoms with van der Waals surface area (Å²) in [6.45, 7) is 3.75. The topological polar surface area (TPSA) is 60.7 Å². The molecule has 1 unspecified atom stereocenters. The minimum absolute atomic E-state index is 0.231. The number of carbonyl (C=O) groups is 1. The van der Waals surface area contributed by atoms with Gasteiger partial charge in [0.2, 0.25) is 0 Å². The van der Waals surface area contributed by atoms with Crippen LogP contribution < -0.4 is 14.9 Å². The highest BCUT2D eigenvalue weighted by atomic mass is 79.9. The smallest absolute Gasteiger partial charge is 0.338 e. The van der Waals surface area contributed by atoms with Gasteiger partial charge in [0.25, 0.3) is 5.56 Å². The Bertz CT molecular complexity index is 1370. The number of aromatic nitrogens is 1. The number of rotatable bonds is 4. The van der Waals surface area contributed by atoms with Crippen LogP contribution in [0.4, 0.5) is 0 Å². The zero-order valence-corrected chi connectivity index (χ0v) is 19.9. The zero-order chi connectivity index (χ0) is 22.1. The molecule has 0 N–H and O–H groups in total. The van der Waals surface area contributed by atoms with E-state index in [-0.39, 0.29) is 12.2 Å². The molecular weight excluding hydrogens is 500 g/mol. The molecule has 1 aromatic heterocycles. The van der Waals surface area contributed by atoms with Gasteiger partial charge in [-0.2, -0.15) is 0 Å². The van der Waals surface area contributed by atoms with Gasteiger partial charge in [-0.05, 0) is 49.2 Å². The fourth-order valence-corrected chi connectivity index (χ4v) is 4.98. The van der Waals surface area contributed by atoms with Gasteiger partial charge in [0.15, 0.2) is 4.80 Å². The first-order valence-corrected chi connectivity index (χ1v) is 11.6. The molecule has 0 saturated carbocycles. The number of hydrogen-bond donors (Lipinski definition) is 0. The predicted molar refractivity (Wildman–Crippen MR) is 126 cm³/mol. The molecule has 2 aromatic carbocycles. The maximum Gasteiger partial charge on any atom is 0.338 e. The maximum atomic E-state index is 13.5. The van der Waals surface area contributed by atoms with E-state index in [1.807, 2.05) is 42.5 Å². The summed E-state index contributed by atoms with van der Waals surface area (Å²) in [6, 6.07) is 14.2. The maximum absolute atomic E-state index is 13.5. The van der Waals surface area contributed by atoms with Crippen LogP contribution in [-0.2, 0) is 9.53 Å². The third kappa shape index (κ3) is 4.18. The van der Waals surface area contributed by atoms with E-state index in [1.54, 1.807) is 30.6 Å². The van der Waals surface area contributed by atoms with E-state index in [1.165, 1.54) is 11.3 Å². The van der Waals surface area contributed by atoms with Crippen molar-refractivity contribution in [2.24, 2.45) is 4.99 Å². The van der Waals surface area contributed by atoms with E-state index in [0.29, 0.717) is 25.6 Å². The molecule has 0 amide bonds. The summed E-state index contributed by atoms with van der Waals surface area (Å²) >= 11 is 11.0. The second-order valence-corrected chi connectivity index (χ2v) is 9.21. The van der Waals surface area contributed by atoms with Crippen LogP contribution in [0.5, 0.6) is 0 Å². The highest BCUT2D eigenvalue weighted by Gasteiger charge is 2.33. The highest BCUT2D eigenvalue weighted by molar-refractivity contribution is 9.10. The molecule has 0 spiro atoms.